The van der Waals surface area contributed by atoms with E-state index in [-0.39, 0.29) is 10.2 Å². The topological polar surface area (TPSA) is 34.1 Å². The maximum Gasteiger partial charge on any atom is 0.219 e. The Kier molecular flexibility index (Phi) is 5.44. The van der Waals surface area contributed by atoms with Crippen molar-refractivity contribution in [3.8, 4) is 0 Å². The monoisotopic (exact) mass is 278 g/mol. The van der Waals surface area contributed by atoms with E-state index in [0.29, 0.717) is 11.1 Å². The average molecular weight is 278 g/mol. The molecule has 0 bridgehead atoms. The Morgan fingerprint density at radius 2 is 1.33 bits per heavy atom. The third kappa shape index (κ3) is 4.55. The van der Waals surface area contributed by atoms with Gasteiger partial charge in [0.05, 0.1) is 0 Å². The van der Waals surface area contributed by atoms with Gasteiger partial charge in [-0.2, -0.15) is 0 Å². The Hall–Kier alpha value is -1.26. The van der Waals surface area contributed by atoms with Gasteiger partial charge in [0.1, 0.15) is 0 Å². The van der Waals surface area contributed by atoms with Crippen LogP contribution in [0.2, 0.25) is 0 Å². The van der Waals surface area contributed by atoms with Gasteiger partial charge < -0.3 is 0 Å². The standard InChI is InChI=1S/C14H14O2S2/c1-9(2)13(15)17-11-6-5-7-12(8-11)18-14(16)10(3)4/h5-8H,1,3H2,2,4H3. The lowest BCUT2D eigenvalue weighted by molar-refractivity contribution is -0.108. The molecule has 0 radical (unpaired) electrons. The van der Waals surface area contributed by atoms with E-state index in [4.69, 9.17) is 0 Å². The van der Waals surface area contributed by atoms with Crippen LogP contribution in [-0.2, 0) is 9.59 Å². The summed E-state index contributed by atoms with van der Waals surface area (Å²) in [5.41, 5.74) is 1.02. The van der Waals surface area contributed by atoms with Crippen molar-refractivity contribution in [2.45, 2.75) is 23.6 Å². The van der Waals surface area contributed by atoms with Gasteiger partial charge in [-0.25, -0.2) is 0 Å². The summed E-state index contributed by atoms with van der Waals surface area (Å²) < 4.78 is 0. The Balaban J connectivity index is 2.80. The van der Waals surface area contributed by atoms with Crippen LogP contribution in [0.25, 0.3) is 0 Å². The second kappa shape index (κ2) is 6.61. The van der Waals surface area contributed by atoms with Crippen LogP contribution >= 0.6 is 23.5 Å². The molecule has 18 heavy (non-hydrogen) atoms. The minimum absolute atomic E-state index is 0.0663. The summed E-state index contributed by atoms with van der Waals surface area (Å²) >= 11 is 2.23. The highest BCUT2D eigenvalue weighted by atomic mass is 32.2. The van der Waals surface area contributed by atoms with E-state index >= 15 is 0 Å². The minimum Gasteiger partial charge on any atom is -0.282 e. The molecule has 0 spiro atoms. The Morgan fingerprint density at radius 3 is 1.67 bits per heavy atom. The van der Waals surface area contributed by atoms with Crippen LogP contribution in [-0.4, -0.2) is 10.2 Å². The van der Waals surface area contributed by atoms with Crippen LogP contribution in [0, 0.1) is 0 Å². The minimum atomic E-state index is -0.0663. The molecule has 0 fully saturated rings. The first-order chi connectivity index (χ1) is 8.40. The predicted octanol–water partition coefficient (Wildman–Crippen LogP) is 4.08. The van der Waals surface area contributed by atoms with Crippen molar-refractivity contribution >= 4 is 33.8 Å². The van der Waals surface area contributed by atoms with E-state index in [2.05, 4.69) is 13.2 Å². The molecule has 0 unspecified atom stereocenters. The normalized spacial score (nSPS) is 9.89. The molecule has 0 saturated heterocycles. The van der Waals surface area contributed by atoms with Crippen LogP contribution in [0.3, 0.4) is 0 Å². The van der Waals surface area contributed by atoms with E-state index in [1.54, 1.807) is 13.8 Å². The molecule has 2 nitrogen and oxygen atoms in total. The molecule has 1 aromatic rings. The zero-order chi connectivity index (χ0) is 13.7. The van der Waals surface area contributed by atoms with Crippen molar-refractivity contribution < 1.29 is 9.59 Å². The quantitative estimate of drug-likeness (QED) is 0.614. The van der Waals surface area contributed by atoms with Gasteiger partial charge in [0.15, 0.2) is 0 Å². The molecule has 4 heteroatoms. The fourth-order valence-electron chi connectivity index (χ4n) is 0.990. The highest BCUT2D eigenvalue weighted by molar-refractivity contribution is 8.14. The van der Waals surface area contributed by atoms with Crippen molar-refractivity contribution in [3.05, 3.63) is 48.6 Å². The van der Waals surface area contributed by atoms with E-state index in [1.165, 1.54) is 0 Å². The molecule has 0 aliphatic carbocycles. The summed E-state index contributed by atoms with van der Waals surface area (Å²) in [6.07, 6.45) is 0. The van der Waals surface area contributed by atoms with Gasteiger partial charge in [-0.3, -0.25) is 9.59 Å². The van der Waals surface area contributed by atoms with Crippen molar-refractivity contribution in [1.29, 1.82) is 0 Å². The summed E-state index contributed by atoms with van der Waals surface area (Å²) in [4.78, 5) is 24.7. The maximum absolute atomic E-state index is 11.5. The zero-order valence-electron chi connectivity index (χ0n) is 10.4. The van der Waals surface area contributed by atoms with Gasteiger partial charge in [0.2, 0.25) is 10.2 Å². The molecular weight excluding hydrogens is 264 g/mol. The van der Waals surface area contributed by atoms with Gasteiger partial charge in [-0.05, 0) is 66.7 Å². The van der Waals surface area contributed by atoms with Crippen molar-refractivity contribution in [3.63, 3.8) is 0 Å². The van der Waals surface area contributed by atoms with Crippen LogP contribution in [0.5, 0.6) is 0 Å². The van der Waals surface area contributed by atoms with Crippen LogP contribution in [0.1, 0.15) is 13.8 Å². The smallest absolute Gasteiger partial charge is 0.219 e. The summed E-state index contributed by atoms with van der Waals surface area (Å²) in [7, 11) is 0. The molecule has 0 atom stereocenters. The zero-order valence-corrected chi connectivity index (χ0v) is 12.0. The van der Waals surface area contributed by atoms with Gasteiger partial charge in [-0.15, -0.1) is 0 Å². The number of hydrogen-bond donors (Lipinski definition) is 0. The number of rotatable bonds is 4. The molecule has 0 amide bonds. The Morgan fingerprint density at radius 1 is 0.944 bits per heavy atom. The fourth-order valence-corrected chi connectivity index (χ4v) is 2.51. The fraction of sp³-hybridized carbons (Fsp3) is 0.143. The van der Waals surface area contributed by atoms with Crippen LogP contribution in [0.4, 0.5) is 0 Å². The molecule has 0 aliphatic heterocycles. The van der Waals surface area contributed by atoms with Gasteiger partial charge in [0, 0.05) is 9.79 Å². The maximum atomic E-state index is 11.5. The molecule has 1 rings (SSSR count). The molecule has 0 aromatic heterocycles. The summed E-state index contributed by atoms with van der Waals surface area (Å²) in [6, 6.07) is 7.31. The van der Waals surface area contributed by atoms with Gasteiger partial charge >= 0.3 is 0 Å². The van der Waals surface area contributed by atoms with Crippen molar-refractivity contribution in [1.82, 2.24) is 0 Å². The van der Waals surface area contributed by atoms with Crippen LogP contribution < -0.4 is 0 Å². The lowest BCUT2D eigenvalue weighted by atomic mass is 10.4. The third-order valence-corrected chi connectivity index (χ3v) is 3.97. The SMILES string of the molecule is C=C(C)C(=O)Sc1cccc(SC(=O)C(=C)C)c1. The molecule has 94 valence electrons. The Bertz CT molecular complexity index is 475. The summed E-state index contributed by atoms with van der Waals surface area (Å²) in [6.45, 7) is 10.6. The predicted molar refractivity (Wildman–Crippen MR) is 77.8 cm³/mol. The van der Waals surface area contributed by atoms with Gasteiger partial charge in [0.25, 0.3) is 0 Å². The Labute approximate surface area is 116 Å². The first-order valence-electron chi connectivity index (χ1n) is 5.25. The van der Waals surface area contributed by atoms with E-state index in [0.717, 1.165) is 33.3 Å². The second-order valence-corrected chi connectivity index (χ2v) is 5.91. The molecule has 0 N–H and O–H groups in total. The van der Waals surface area contributed by atoms with E-state index in [9.17, 15) is 9.59 Å². The largest absolute Gasteiger partial charge is 0.282 e. The van der Waals surface area contributed by atoms with Gasteiger partial charge in [-0.1, -0.05) is 19.2 Å². The average Bonchev–Trinajstić information content (AvgIpc) is 2.29. The lowest BCUT2D eigenvalue weighted by Crippen LogP contribution is -1.92. The lowest BCUT2D eigenvalue weighted by Gasteiger charge is -2.03. The number of carbonyl (C=O) groups excluding carboxylic acids is 2. The first-order valence-corrected chi connectivity index (χ1v) is 6.89. The number of benzene rings is 1. The number of hydrogen-bond acceptors (Lipinski definition) is 4. The van der Waals surface area contributed by atoms with E-state index in [1.807, 2.05) is 24.3 Å². The van der Waals surface area contributed by atoms with Crippen molar-refractivity contribution in [2.24, 2.45) is 0 Å². The van der Waals surface area contributed by atoms with Crippen molar-refractivity contribution in [2.75, 3.05) is 0 Å². The molecular formula is C14H14O2S2. The highest BCUT2D eigenvalue weighted by Gasteiger charge is 2.08. The molecule has 0 saturated carbocycles. The van der Waals surface area contributed by atoms with Crippen LogP contribution in [0.15, 0.2) is 58.4 Å². The second-order valence-electron chi connectivity index (χ2n) is 3.81. The molecule has 0 aliphatic rings. The third-order valence-electron chi connectivity index (χ3n) is 1.92. The summed E-state index contributed by atoms with van der Waals surface area (Å²) in [5.74, 6) is 0. The number of thioether (sulfide) groups is 2. The first kappa shape index (κ1) is 14.8. The summed E-state index contributed by atoms with van der Waals surface area (Å²) in [5, 5.41) is -0.133. The number of carbonyl (C=O) groups is 2. The highest BCUT2D eigenvalue weighted by Crippen LogP contribution is 2.28. The molecule has 0 heterocycles. The van der Waals surface area contributed by atoms with E-state index < -0.39 is 0 Å². The molecule has 1 aromatic carbocycles.